The Kier molecular flexibility index (Phi) is 5.86. The molecule has 1 fully saturated rings. The Morgan fingerprint density at radius 2 is 2.03 bits per heavy atom. The average Bonchev–Trinajstić information content (AvgIpc) is 3.17. The zero-order valence-corrected chi connectivity index (χ0v) is 16.9. The molecule has 1 saturated heterocycles. The Bertz CT molecular complexity index is 1070. The number of anilines is 1. The maximum absolute atomic E-state index is 12.6. The van der Waals surface area contributed by atoms with Gasteiger partial charge in [-0.2, -0.15) is 13.2 Å². The van der Waals surface area contributed by atoms with Gasteiger partial charge in [-0.15, -0.1) is 10.2 Å². The largest absolute Gasteiger partial charge is 0.390 e. The molecule has 1 N–H and O–H groups in total. The molecule has 0 aromatic carbocycles. The smallest absolute Gasteiger partial charge is 0.315 e. The normalized spacial score (nSPS) is 16.0. The Morgan fingerprint density at radius 1 is 1.26 bits per heavy atom. The number of pyridine rings is 2. The minimum Gasteiger partial charge on any atom is -0.315 e. The van der Waals surface area contributed by atoms with Gasteiger partial charge >= 0.3 is 6.18 Å². The monoisotopic (exact) mass is 433 g/mol. The number of carbonyl (C=O) groups is 1. The number of alkyl halides is 3. The number of aromatic nitrogens is 5. The van der Waals surface area contributed by atoms with Gasteiger partial charge < -0.3 is 14.8 Å². The molecule has 164 valence electrons. The van der Waals surface area contributed by atoms with Crippen LogP contribution in [0.15, 0.2) is 30.7 Å². The van der Waals surface area contributed by atoms with E-state index >= 15 is 0 Å². The maximum Gasteiger partial charge on any atom is 0.390 e. The second kappa shape index (κ2) is 8.58. The van der Waals surface area contributed by atoms with E-state index in [0.29, 0.717) is 48.8 Å². The van der Waals surface area contributed by atoms with Crippen LogP contribution in [0.25, 0.3) is 22.4 Å². The molecule has 0 saturated carbocycles. The van der Waals surface area contributed by atoms with Crippen LogP contribution in [0.5, 0.6) is 0 Å². The van der Waals surface area contributed by atoms with Crippen LogP contribution < -0.4 is 5.32 Å². The van der Waals surface area contributed by atoms with Crippen molar-refractivity contribution in [1.82, 2.24) is 29.6 Å². The fourth-order valence-corrected chi connectivity index (χ4v) is 3.66. The molecule has 1 amide bonds. The minimum absolute atomic E-state index is 0.0242. The first-order valence-corrected chi connectivity index (χ1v) is 10.00. The van der Waals surface area contributed by atoms with Crippen molar-refractivity contribution in [2.45, 2.75) is 25.4 Å². The highest BCUT2D eigenvalue weighted by molar-refractivity contribution is 5.93. The fraction of sp³-hybridized carbons (Fsp3) is 0.450. The summed E-state index contributed by atoms with van der Waals surface area (Å²) in [5.74, 6) is 0.588. The lowest BCUT2D eigenvalue weighted by atomic mass is 9.96. The van der Waals surface area contributed by atoms with Gasteiger partial charge in [-0.05, 0) is 38.1 Å². The lowest BCUT2D eigenvalue weighted by molar-refractivity contribution is -0.139. The number of likely N-dealkylation sites (tertiary alicyclic amines) is 1. The molecule has 11 heteroatoms. The molecule has 4 heterocycles. The second-order valence-electron chi connectivity index (χ2n) is 7.69. The van der Waals surface area contributed by atoms with E-state index in [1.54, 1.807) is 28.1 Å². The van der Waals surface area contributed by atoms with E-state index in [4.69, 9.17) is 0 Å². The second-order valence-corrected chi connectivity index (χ2v) is 7.69. The number of hydrogen-bond acceptors (Lipinski definition) is 6. The van der Waals surface area contributed by atoms with Gasteiger partial charge in [0.25, 0.3) is 0 Å². The van der Waals surface area contributed by atoms with Crippen LogP contribution in [0.2, 0.25) is 0 Å². The molecule has 31 heavy (non-hydrogen) atoms. The van der Waals surface area contributed by atoms with Crippen LogP contribution in [0.4, 0.5) is 19.0 Å². The lowest BCUT2D eigenvalue weighted by Gasteiger charge is -2.31. The van der Waals surface area contributed by atoms with Gasteiger partial charge in [0.2, 0.25) is 5.91 Å². The molecular formula is C20H22F3N7O. The van der Waals surface area contributed by atoms with E-state index in [1.807, 2.05) is 19.2 Å². The zero-order valence-electron chi connectivity index (χ0n) is 16.9. The number of halogens is 3. The third-order valence-corrected chi connectivity index (χ3v) is 5.44. The predicted molar refractivity (Wildman–Crippen MR) is 108 cm³/mol. The van der Waals surface area contributed by atoms with Crippen LogP contribution in [0.3, 0.4) is 0 Å². The van der Waals surface area contributed by atoms with E-state index < -0.39 is 12.6 Å². The van der Waals surface area contributed by atoms with Gasteiger partial charge in [0.05, 0.1) is 11.9 Å². The number of rotatable bonds is 5. The fourth-order valence-electron chi connectivity index (χ4n) is 3.66. The Labute approximate surface area is 176 Å². The molecule has 0 spiro atoms. The maximum atomic E-state index is 12.6. The summed E-state index contributed by atoms with van der Waals surface area (Å²) in [6.07, 6.45) is -0.714. The van der Waals surface area contributed by atoms with Crippen molar-refractivity contribution < 1.29 is 18.0 Å². The molecule has 0 atom stereocenters. The summed E-state index contributed by atoms with van der Waals surface area (Å²) in [7, 11) is 1.83. The number of carbonyl (C=O) groups excluding carboxylic acids is 1. The van der Waals surface area contributed by atoms with E-state index in [2.05, 4.69) is 25.5 Å². The molecule has 1 aliphatic rings. The van der Waals surface area contributed by atoms with Crippen molar-refractivity contribution in [3.8, 4) is 11.5 Å². The van der Waals surface area contributed by atoms with E-state index in [9.17, 15) is 18.0 Å². The quantitative estimate of drug-likeness (QED) is 0.666. The number of amides is 1. The van der Waals surface area contributed by atoms with E-state index in [-0.39, 0.29) is 18.4 Å². The molecule has 3 aromatic rings. The van der Waals surface area contributed by atoms with Crippen molar-refractivity contribution in [3.63, 3.8) is 0 Å². The summed E-state index contributed by atoms with van der Waals surface area (Å²) in [6, 6.07) is 5.41. The first-order chi connectivity index (χ1) is 14.8. The highest BCUT2D eigenvalue weighted by Gasteiger charge is 2.30. The highest BCUT2D eigenvalue weighted by Crippen LogP contribution is 2.24. The van der Waals surface area contributed by atoms with Gasteiger partial charge in [0.15, 0.2) is 5.82 Å². The van der Waals surface area contributed by atoms with Gasteiger partial charge in [-0.3, -0.25) is 4.79 Å². The molecule has 0 unspecified atom stereocenters. The molecule has 1 aliphatic heterocycles. The van der Waals surface area contributed by atoms with Crippen LogP contribution in [0, 0.1) is 5.92 Å². The van der Waals surface area contributed by atoms with Crippen molar-refractivity contribution in [2.24, 2.45) is 13.0 Å². The topological polar surface area (TPSA) is 88.8 Å². The number of piperidine rings is 1. The number of nitrogens with zero attached hydrogens (tertiary/aromatic N) is 6. The number of nitrogens with one attached hydrogen (secondary N) is 1. The Hall–Kier alpha value is -3.08. The summed E-state index contributed by atoms with van der Waals surface area (Å²) in [4.78, 5) is 23.3. The number of fused-ring (bicyclic) bond motifs is 1. The average molecular weight is 433 g/mol. The first kappa shape index (κ1) is 21.2. The molecule has 0 aliphatic carbocycles. The van der Waals surface area contributed by atoms with Gasteiger partial charge in [-0.25, -0.2) is 9.97 Å². The number of hydrogen-bond donors (Lipinski definition) is 1. The van der Waals surface area contributed by atoms with Crippen molar-refractivity contribution in [3.05, 3.63) is 30.7 Å². The SMILES string of the molecule is Cn1cnnc1-c1ccc2cnc(NC(=O)C3CCN(CCC(F)(F)F)CC3)cc2n1. The Morgan fingerprint density at radius 3 is 2.71 bits per heavy atom. The summed E-state index contributed by atoms with van der Waals surface area (Å²) in [6.45, 7) is 0.924. The lowest BCUT2D eigenvalue weighted by Crippen LogP contribution is -2.39. The first-order valence-electron chi connectivity index (χ1n) is 10.00. The van der Waals surface area contributed by atoms with E-state index in [0.717, 1.165) is 5.39 Å². The van der Waals surface area contributed by atoms with Crippen LogP contribution in [-0.4, -0.2) is 61.4 Å². The molecule has 4 rings (SSSR count). The van der Waals surface area contributed by atoms with Crippen molar-refractivity contribution >= 4 is 22.6 Å². The molecule has 3 aromatic heterocycles. The van der Waals surface area contributed by atoms with Gasteiger partial charge in [0.1, 0.15) is 17.8 Å². The third kappa shape index (κ3) is 5.16. The van der Waals surface area contributed by atoms with E-state index in [1.165, 1.54) is 0 Å². The standard InChI is InChI=1S/C20H22F3N7O/c1-29-12-25-28-18(29)15-3-2-14-11-24-17(10-16(14)26-15)27-19(31)13-4-7-30(8-5-13)9-6-20(21,22)23/h2-3,10-13H,4-9H2,1H3,(H,24,27,31). The van der Waals surface area contributed by atoms with Crippen molar-refractivity contribution in [2.75, 3.05) is 25.0 Å². The summed E-state index contributed by atoms with van der Waals surface area (Å²) < 4.78 is 38.9. The van der Waals surface area contributed by atoms with Gasteiger partial charge in [-0.1, -0.05) is 0 Å². The van der Waals surface area contributed by atoms with Crippen LogP contribution in [-0.2, 0) is 11.8 Å². The third-order valence-electron chi connectivity index (χ3n) is 5.44. The van der Waals surface area contributed by atoms with Crippen LogP contribution >= 0.6 is 0 Å². The minimum atomic E-state index is -4.16. The summed E-state index contributed by atoms with van der Waals surface area (Å²) in [5.41, 5.74) is 1.31. The van der Waals surface area contributed by atoms with Gasteiger partial charge in [0, 0.05) is 37.2 Å². The highest BCUT2D eigenvalue weighted by atomic mass is 19.4. The van der Waals surface area contributed by atoms with Crippen molar-refractivity contribution in [1.29, 1.82) is 0 Å². The van der Waals surface area contributed by atoms with Crippen LogP contribution in [0.1, 0.15) is 19.3 Å². The summed E-state index contributed by atoms with van der Waals surface area (Å²) >= 11 is 0. The molecule has 8 nitrogen and oxygen atoms in total. The zero-order chi connectivity index (χ0) is 22.0. The number of aryl methyl sites for hydroxylation is 1. The molecular weight excluding hydrogens is 411 g/mol. The Balaban J connectivity index is 1.39. The predicted octanol–water partition coefficient (Wildman–Crippen LogP) is 3.03. The molecule has 0 bridgehead atoms. The summed E-state index contributed by atoms with van der Waals surface area (Å²) in [5, 5.41) is 11.6. The molecule has 0 radical (unpaired) electrons.